The van der Waals surface area contributed by atoms with Gasteiger partial charge in [-0.3, -0.25) is 5.43 Å². The Morgan fingerprint density at radius 2 is 2.04 bits per heavy atom. The van der Waals surface area contributed by atoms with E-state index in [1.54, 1.807) is 12.1 Å². The van der Waals surface area contributed by atoms with Crippen LogP contribution >= 0.6 is 11.6 Å². The molecule has 0 bridgehead atoms. The lowest BCUT2D eigenvalue weighted by atomic mass is 10.2. The summed E-state index contributed by atoms with van der Waals surface area (Å²) in [6.07, 6.45) is -2.51. The molecule has 25 heavy (non-hydrogen) atoms. The number of hydrogen-bond donors (Lipinski definition) is 1. The third-order valence-corrected chi connectivity index (χ3v) is 3.08. The minimum atomic E-state index is -4.53. The Bertz CT molecular complexity index is 780. The molecule has 10 heteroatoms. The molecule has 0 aliphatic rings. The van der Waals surface area contributed by atoms with Crippen LogP contribution in [-0.4, -0.2) is 23.8 Å². The molecule has 0 amide bonds. The van der Waals surface area contributed by atoms with Crippen LogP contribution in [0.3, 0.4) is 0 Å². The van der Waals surface area contributed by atoms with Gasteiger partial charge in [-0.05, 0) is 35.9 Å². The number of carbonyl (C=O) groups excluding carboxylic acids is 1. The quantitative estimate of drug-likeness (QED) is 0.621. The molecule has 0 radical (unpaired) electrons. The van der Waals surface area contributed by atoms with Crippen LogP contribution in [0.5, 0.6) is 5.75 Å². The maximum absolute atomic E-state index is 12.5. The largest absolute Gasteiger partial charge is 0.546 e. The maximum atomic E-state index is 12.5. The first-order chi connectivity index (χ1) is 11.8. The van der Waals surface area contributed by atoms with Gasteiger partial charge in [0, 0.05) is 6.20 Å². The molecule has 132 valence electrons. The number of aliphatic carboxylic acids is 1. The number of carboxylic acids is 1. The predicted molar refractivity (Wildman–Crippen MR) is 82.4 cm³/mol. The summed E-state index contributed by atoms with van der Waals surface area (Å²) in [5.41, 5.74) is 2.10. The number of benzene rings is 1. The monoisotopic (exact) mass is 372 g/mol. The van der Waals surface area contributed by atoms with Gasteiger partial charge in [0.25, 0.3) is 0 Å². The minimum Gasteiger partial charge on any atom is -0.546 e. The van der Waals surface area contributed by atoms with Crippen molar-refractivity contribution in [3.05, 3.63) is 52.7 Å². The SMILES string of the molecule is O=C([O-])COc1ccc(/C=N\Nc2ncc(C(F)(F)F)cc2Cl)cc1. The van der Waals surface area contributed by atoms with Gasteiger partial charge in [0.2, 0.25) is 0 Å². The predicted octanol–water partition coefficient (Wildman–Crippen LogP) is 2.33. The molecule has 0 fully saturated rings. The summed E-state index contributed by atoms with van der Waals surface area (Å²) < 4.78 is 42.4. The normalized spacial score (nSPS) is 11.5. The fourth-order valence-electron chi connectivity index (χ4n) is 1.64. The number of carbonyl (C=O) groups is 1. The zero-order chi connectivity index (χ0) is 18.4. The van der Waals surface area contributed by atoms with Gasteiger partial charge < -0.3 is 14.6 Å². The molecule has 2 aromatic rings. The average molecular weight is 373 g/mol. The molecule has 0 aliphatic carbocycles. The van der Waals surface area contributed by atoms with Crippen molar-refractivity contribution < 1.29 is 27.8 Å². The van der Waals surface area contributed by atoms with Gasteiger partial charge in [-0.1, -0.05) is 11.6 Å². The highest BCUT2D eigenvalue weighted by Crippen LogP contribution is 2.32. The van der Waals surface area contributed by atoms with Crippen LogP contribution in [0.1, 0.15) is 11.1 Å². The number of anilines is 1. The smallest absolute Gasteiger partial charge is 0.417 e. The van der Waals surface area contributed by atoms with E-state index in [1.165, 1.54) is 18.3 Å². The van der Waals surface area contributed by atoms with E-state index in [2.05, 4.69) is 15.5 Å². The van der Waals surface area contributed by atoms with Gasteiger partial charge >= 0.3 is 6.18 Å². The van der Waals surface area contributed by atoms with E-state index in [4.69, 9.17) is 16.3 Å². The fraction of sp³-hybridized carbons (Fsp3) is 0.133. The number of alkyl halides is 3. The second-order valence-corrected chi connectivity index (χ2v) is 5.06. The summed E-state index contributed by atoms with van der Waals surface area (Å²) in [6, 6.07) is 6.98. The van der Waals surface area contributed by atoms with E-state index < -0.39 is 24.3 Å². The third kappa shape index (κ3) is 5.64. The first kappa shape index (κ1) is 18.5. The number of hydrogen-bond acceptors (Lipinski definition) is 6. The lowest BCUT2D eigenvalue weighted by Crippen LogP contribution is -2.28. The first-order valence-corrected chi connectivity index (χ1v) is 7.08. The highest BCUT2D eigenvalue weighted by atomic mass is 35.5. The number of hydrazone groups is 1. The number of rotatable bonds is 6. The highest BCUT2D eigenvalue weighted by molar-refractivity contribution is 6.32. The van der Waals surface area contributed by atoms with Gasteiger partial charge in [0.05, 0.1) is 22.8 Å². The molecule has 1 aromatic carbocycles. The summed E-state index contributed by atoms with van der Waals surface area (Å²) in [5, 5.41) is 13.9. The standard InChI is InChI=1S/C15H11ClF3N3O3/c16-12-5-10(15(17,18)19)7-20-14(12)22-21-6-9-1-3-11(4-2-9)25-8-13(23)24/h1-7H,8H2,(H,20,22)(H,23,24)/p-1/b21-6-. The van der Waals surface area contributed by atoms with Gasteiger partial charge in [-0.2, -0.15) is 18.3 Å². The van der Waals surface area contributed by atoms with Crippen LogP contribution in [-0.2, 0) is 11.0 Å². The van der Waals surface area contributed by atoms with E-state index in [1.807, 2.05) is 0 Å². The number of aromatic nitrogens is 1. The van der Waals surface area contributed by atoms with Crippen LogP contribution in [0.25, 0.3) is 0 Å². The number of halogens is 4. The Kier molecular flexibility index (Phi) is 5.81. The van der Waals surface area contributed by atoms with Crippen molar-refractivity contribution in [2.24, 2.45) is 5.10 Å². The van der Waals surface area contributed by atoms with Gasteiger partial charge in [-0.15, -0.1) is 0 Å². The molecule has 1 aromatic heterocycles. The summed E-state index contributed by atoms with van der Waals surface area (Å²) in [7, 11) is 0. The molecular formula is C15H10ClF3N3O3-. The number of carboxylic acid groups (broad SMARTS) is 1. The third-order valence-electron chi connectivity index (χ3n) is 2.79. The molecular weight excluding hydrogens is 363 g/mol. The number of ether oxygens (including phenoxy) is 1. The zero-order valence-corrected chi connectivity index (χ0v) is 13.1. The summed E-state index contributed by atoms with van der Waals surface area (Å²) in [5.74, 6) is -1.03. The van der Waals surface area contributed by atoms with E-state index in [0.717, 1.165) is 6.07 Å². The molecule has 0 unspecified atom stereocenters. The number of nitrogens with one attached hydrogen (secondary N) is 1. The number of nitrogens with zero attached hydrogens (tertiary/aromatic N) is 2. The van der Waals surface area contributed by atoms with E-state index in [9.17, 15) is 23.1 Å². The first-order valence-electron chi connectivity index (χ1n) is 6.70. The van der Waals surface area contributed by atoms with Crippen molar-refractivity contribution in [2.45, 2.75) is 6.18 Å². The molecule has 0 atom stereocenters. The second-order valence-electron chi connectivity index (χ2n) is 4.65. The van der Waals surface area contributed by atoms with Crippen LogP contribution < -0.4 is 15.3 Å². The van der Waals surface area contributed by atoms with Gasteiger partial charge in [0.15, 0.2) is 5.82 Å². The van der Waals surface area contributed by atoms with Crippen molar-refractivity contribution in [3.63, 3.8) is 0 Å². The number of pyridine rings is 1. The topological polar surface area (TPSA) is 86.6 Å². The van der Waals surface area contributed by atoms with Gasteiger partial charge in [0.1, 0.15) is 12.4 Å². The molecule has 0 saturated carbocycles. The highest BCUT2D eigenvalue weighted by Gasteiger charge is 2.31. The summed E-state index contributed by atoms with van der Waals surface area (Å²) >= 11 is 5.73. The molecule has 0 aliphatic heterocycles. The van der Waals surface area contributed by atoms with Crippen LogP contribution in [0.2, 0.25) is 5.02 Å². The average Bonchev–Trinajstić information content (AvgIpc) is 2.54. The summed E-state index contributed by atoms with van der Waals surface area (Å²) in [6.45, 7) is -0.562. The Balaban J connectivity index is 1.98. The Hall–Kier alpha value is -2.81. The van der Waals surface area contributed by atoms with Crippen LogP contribution in [0, 0.1) is 0 Å². The van der Waals surface area contributed by atoms with Gasteiger partial charge in [-0.25, -0.2) is 4.98 Å². The lowest BCUT2D eigenvalue weighted by molar-refractivity contribution is -0.307. The second kappa shape index (κ2) is 7.84. The molecule has 6 nitrogen and oxygen atoms in total. The van der Waals surface area contributed by atoms with Crippen molar-refractivity contribution >= 4 is 29.6 Å². The summed E-state index contributed by atoms with van der Waals surface area (Å²) in [4.78, 5) is 13.8. The fourth-order valence-corrected chi connectivity index (χ4v) is 1.84. The van der Waals surface area contributed by atoms with Crippen LogP contribution in [0.15, 0.2) is 41.6 Å². The molecule has 1 heterocycles. The van der Waals surface area contributed by atoms with E-state index in [0.29, 0.717) is 17.5 Å². The molecule has 1 N–H and O–H groups in total. The molecule has 0 saturated heterocycles. The van der Waals surface area contributed by atoms with E-state index >= 15 is 0 Å². The molecule has 0 spiro atoms. The zero-order valence-electron chi connectivity index (χ0n) is 12.4. The van der Waals surface area contributed by atoms with Crippen molar-refractivity contribution in [2.75, 3.05) is 12.0 Å². The van der Waals surface area contributed by atoms with Crippen molar-refractivity contribution in [1.29, 1.82) is 0 Å². The molecule has 2 rings (SSSR count). The van der Waals surface area contributed by atoms with E-state index in [-0.39, 0.29) is 10.8 Å². The Morgan fingerprint density at radius 3 is 2.60 bits per heavy atom. The van der Waals surface area contributed by atoms with Crippen LogP contribution in [0.4, 0.5) is 19.0 Å². The Morgan fingerprint density at radius 1 is 1.36 bits per heavy atom. The lowest BCUT2D eigenvalue weighted by Gasteiger charge is -2.08. The maximum Gasteiger partial charge on any atom is 0.417 e. The van der Waals surface area contributed by atoms with Crippen molar-refractivity contribution in [3.8, 4) is 5.75 Å². The minimum absolute atomic E-state index is 0.0279. The van der Waals surface area contributed by atoms with Crippen molar-refractivity contribution in [1.82, 2.24) is 4.98 Å². The Labute approximate surface area is 144 Å².